The molecule has 27 heavy (non-hydrogen) atoms. The first-order valence-corrected chi connectivity index (χ1v) is 9.39. The normalized spacial score (nSPS) is 11.3. The second kappa shape index (κ2) is 8.25. The predicted molar refractivity (Wildman–Crippen MR) is 105 cm³/mol. The van der Waals surface area contributed by atoms with Crippen LogP contribution in [0.1, 0.15) is 24.8 Å². The number of aromatic nitrogens is 4. The molecule has 6 heteroatoms. The van der Waals surface area contributed by atoms with E-state index in [-0.39, 0.29) is 26.5 Å². The monoisotopic (exact) mass is 552 g/mol. The van der Waals surface area contributed by atoms with Crippen molar-refractivity contribution < 1.29 is 21.1 Å². The topological polar surface area (TPSA) is 43.6 Å². The van der Waals surface area contributed by atoms with Crippen LogP contribution >= 0.6 is 8.19 Å². The molecular formula is C21H18N4PPt+. The molecule has 1 unspecified atom stereocenters. The molecule has 4 heterocycles. The molecule has 136 valence electrons. The van der Waals surface area contributed by atoms with Gasteiger partial charge in [-0.15, -0.1) is 23.8 Å². The van der Waals surface area contributed by atoms with Crippen molar-refractivity contribution in [2.24, 2.45) is 0 Å². The van der Waals surface area contributed by atoms with Crippen molar-refractivity contribution in [3.8, 4) is 16.7 Å². The Labute approximate surface area is 175 Å². The van der Waals surface area contributed by atoms with Gasteiger partial charge in [0, 0.05) is 5.69 Å². The van der Waals surface area contributed by atoms with Gasteiger partial charge in [0.1, 0.15) is 10.7 Å². The minimum Gasteiger partial charge on any atom is -0.360 e. The van der Waals surface area contributed by atoms with Crippen LogP contribution in [0.3, 0.4) is 0 Å². The Morgan fingerprint density at radius 2 is 1.89 bits per heavy atom. The van der Waals surface area contributed by atoms with Gasteiger partial charge >= 0.3 is 21.1 Å². The van der Waals surface area contributed by atoms with Crippen molar-refractivity contribution in [2.45, 2.75) is 19.3 Å². The Kier molecular flexibility index (Phi) is 5.99. The van der Waals surface area contributed by atoms with Gasteiger partial charge in [0.2, 0.25) is 0 Å². The van der Waals surface area contributed by atoms with Gasteiger partial charge in [0.25, 0.3) is 0 Å². The first kappa shape index (κ1) is 19.6. The van der Waals surface area contributed by atoms with E-state index in [0.29, 0.717) is 8.19 Å². The van der Waals surface area contributed by atoms with Gasteiger partial charge in [-0.3, -0.25) is 5.10 Å². The van der Waals surface area contributed by atoms with E-state index in [4.69, 9.17) is 4.98 Å². The molecule has 0 saturated heterocycles. The van der Waals surface area contributed by atoms with Crippen molar-refractivity contribution in [1.82, 2.24) is 19.7 Å². The van der Waals surface area contributed by atoms with Crippen LogP contribution in [0.5, 0.6) is 0 Å². The van der Waals surface area contributed by atoms with Crippen LogP contribution in [0.15, 0.2) is 67.1 Å². The standard InChI is InChI=1S/C21H17N4P.Pt/c1-21(2,19-10-4-11-20(26-19)25-14-6-13-23-25)18-9-3-8-17(24-18)16-7-5-12-22-15-16;/h3-6,8-13,15H,1-2H3;/q-2;+2/p+1. The Balaban J connectivity index is 0.00000210. The predicted octanol–water partition coefficient (Wildman–Crippen LogP) is 4.57. The summed E-state index contributed by atoms with van der Waals surface area (Å²) in [5, 5.41) is 5.63. The molecule has 0 radical (unpaired) electrons. The Morgan fingerprint density at radius 3 is 2.63 bits per heavy atom. The van der Waals surface area contributed by atoms with E-state index in [9.17, 15) is 0 Å². The van der Waals surface area contributed by atoms with Crippen molar-refractivity contribution in [3.63, 3.8) is 0 Å². The molecule has 4 rings (SSSR count). The first-order valence-electron chi connectivity index (χ1n) is 8.39. The molecule has 1 atom stereocenters. The molecule has 0 aliphatic carbocycles. The number of nitrogens with zero attached hydrogens (tertiary/aromatic N) is 4. The van der Waals surface area contributed by atoms with Crippen LogP contribution in [-0.4, -0.2) is 19.7 Å². The molecule has 0 spiro atoms. The van der Waals surface area contributed by atoms with Crippen molar-refractivity contribution in [3.05, 3.63) is 90.4 Å². The maximum absolute atomic E-state index is 4.91. The van der Waals surface area contributed by atoms with E-state index in [1.165, 1.54) is 5.30 Å². The summed E-state index contributed by atoms with van der Waals surface area (Å²) < 4.78 is 1.81. The summed E-state index contributed by atoms with van der Waals surface area (Å²) in [6.45, 7) is 4.43. The van der Waals surface area contributed by atoms with Crippen LogP contribution in [0.25, 0.3) is 16.7 Å². The molecule has 0 saturated carbocycles. The van der Waals surface area contributed by atoms with E-state index >= 15 is 0 Å². The number of rotatable bonds is 4. The summed E-state index contributed by atoms with van der Waals surface area (Å²) in [5.41, 5.74) is 3.77. The third-order valence-corrected chi connectivity index (χ3v) is 6.10. The molecule has 4 aromatic heterocycles. The van der Waals surface area contributed by atoms with Crippen LogP contribution in [0, 0.1) is 12.3 Å². The van der Waals surface area contributed by atoms with Crippen molar-refractivity contribution in [1.29, 1.82) is 0 Å². The van der Waals surface area contributed by atoms with E-state index in [1.54, 1.807) is 18.6 Å². The molecule has 0 amide bonds. The molecule has 4 aromatic rings. The zero-order valence-corrected chi connectivity index (χ0v) is 18.2. The molecule has 0 aromatic carbocycles. The summed E-state index contributed by atoms with van der Waals surface area (Å²) in [6.07, 6.45) is 8.39. The summed E-state index contributed by atoms with van der Waals surface area (Å²) in [6, 6.07) is 19.3. The van der Waals surface area contributed by atoms with E-state index < -0.39 is 0 Å². The molecule has 0 aliphatic rings. The largest absolute Gasteiger partial charge is 2.00 e. The van der Waals surface area contributed by atoms with Crippen molar-refractivity contribution in [2.75, 3.05) is 0 Å². The summed E-state index contributed by atoms with van der Waals surface area (Å²) in [5.74, 6) is 0. The second-order valence-corrected chi connectivity index (χ2v) is 7.81. The fraction of sp³-hybridized carbons (Fsp3) is 0.143. The number of hydrogen-bond acceptors (Lipinski definition) is 3. The maximum Gasteiger partial charge on any atom is 2.00 e. The fourth-order valence-electron chi connectivity index (χ4n) is 2.85. The number of pyridine rings is 2. The minimum absolute atomic E-state index is 0. The maximum atomic E-state index is 4.91. The molecular weight excluding hydrogens is 534 g/mol. The van der Waals surface area contributed by atoms with E-state index in [1.807, 2.05) is 22.9 Å². The molecule has 0 aliphatic heterocycles. The summed E-state index contributed by atoms with van der Waals surface area (Å²) in [7, 11) is 0.519. The first-order chi connectivity index (χ1) is 12.6. The summed E-state index contributed by atoms with van der Waals surface area (Å²) >= 11 is 0. The molecule has 0 N–H and O–H groups in total. The van der Waals surface area contributed by atoms with Gasteiger partial charge in [-0.2, -0.15) is 0 Å². The van der Waals surface area contributed by atoms with Crippen LogP contribution < -0.4 is 0 Å². The van der Waals surface area contributed by atoms with Gasteiger partial charge < -0.3 is 14.6 Å². The Hall–Kier alpha value is -2.15. The van der Waals surface area contributed by atoms with Gasteiger partial charge in [-0.1, -0.05) is 43.0 Å². The van der Waals surface area contributed by atoms with Gasteiger partial charge in [-0.25, -0.2) is 0 Å². The Morgan fingerprint density at radius 1 is 1.04 bits per heavy atom. The van der Waals surface area contributed by atoms with Crippen LogP contribution in [-0.2, 0) is 26.5 Å². The third-order valence-electron chi connectivity index (χ3n) is 4.40. The Bertz CT molecular complexity index is 1020. The van der Waals surface area contributed by atoms with E-state index in [0.717, 1.165) is 22.4 Å². The molecule has 0 bridgehead atoms. The zero-order valence-electron chi connectivity index (χ0n) is 15.0. The minimum atomic E-state index is -0.195. The molecule has 4 nitrogen and oxygen atoms in total. The average Bonchev–Trinajstić information content (AvgIpc) is 3.24. The van der Waals surface area contributed by atoms with Crippen molar-refractivity contribution >= 4 is 8.19 Å². The third kappa shape index (κ3) is 4.08. The summed E-state index contributed by atoms with van der Waals surface area (Å²) in [4.78, 5) is 9.08. The van der Waals surface area contributed by atoms with Crippen LogP contribution in [0.2, 0.25) is 0 Å². The SMILES string of the molecule is CC(C)(c1cccc(-c2[c-]ccnc2)n1)c1cccc(-n2[c-]ccn2)[pH+]1.[Pt+2]. The average molecular weight is 552 g/mol. The quantitative estimate of drug-likeness (QED) is 0.349. The van der Waals surface area contributed by atoms with E-state index in [2.05, 4.69) is 66.5 Å². The molecule has 0 fully saturated rings. The van der Waals surface area contributed by atoms with Gasteiger partial charge in [0.05, 0.1) is 13.6 Å². The second-order valence-electron chi connectivity index (χ2n) is 6.51. The van der Waals surface area contributed by atoms with Crippen LogP contribution in [0.4, 0.5) is 0 Å². The smallest absolute Gasteiger partial charge is 0.360 e. The fourth-order valence-corrected chi connectivity index (χ4v) is 4.15. The van der Waals surface area contributed by atoms with Gasteiger partial charge in [-0.05, 0) is 37.7 Å². The van der Waals surface area contributed by atoms with Gasteiger partial charge in [0.15, 0.2) is 0 Å². The number of hydrogen-bond donors (Lipinski definition) is 0. The zero-order chi connectivity index (χ0) is 18.0.